The summed E-state index contributed by atoms with van der Waals surface area (Å²) >= 11 is 0. The largest absolute Gasteiger partial charge is 0.385 e. The first-order chi connectivity index (χ1) is 8.77. The molecular weight excluding hydrogens is 224 g/mol. The molecule has 18 heavy (non-hydrogen) atoms. The second-order valence-electron chi connectivity index (χ2n) is 6.44. The molecule has 2 nitrogen and oxygen atoms in total. The Balaban J connectivity index is 1.88. The molecule has 1 atom stereocenters. The molecule has 2 aliphatic carbocycles. The summed E-state index contributed by atoms with van der Waals surface area (Å²) in [7, 11) is 0. The van der Waals surface area contributed by atoms with Crippen LogP contribution in [-0.2, 0) is 4.74 Å². The fourth-order valence-corrected chi connectivity index (χ4v) is 4.47. The van der Waals surface area contributed by atoms with Gasteiger partial charge >= 0.3 is 0 Å². The molecule has 1 aliphatic heterocycles. The number of hydrogen-bond donors (Lipinski definition) is 1. The number of ether oxygens (including phenoxy) is 1. The van der Waals surface area contributed by atoms with Gasteiger partial charge in [0.05, 0.1) is 5.60 Å². The van der Waals surface area contributed by atoms with Crippen molar-refractivity contribution in [3.63, 3.8) is 0 Å². The van der Waals surface area contributed by atoms with Crippen LogP contribution in [0.1, 0.15) is 64.2 Å². The Morgan fingerprint density at radius 2 is 1.78 bits per heavy atom. The summed E-state index contributed by atoms with van der Waals surface area (Å²) in [6.45, 7) is 1.69. The van der Waals surface area contributed by atoms with E-state index >= 15 is 0 Å². The number of rotatable bonds is 1. The van der Waals surface area contributed by atoms with E-state index < -0.39 is 5.60 Å². The van der Waals surface area contributed by atoms with Crippen LogP contribution in [0.2, 0.25) is 0 Å². The lowest BCUT2D eigenvalue weighted by molar-refractivity contribution is -0.0929. The van der Waals surface area contributed by atoms with Gasteiger partial charge in [0.15, 0.2) is 0 Å². The quantitative estimate of drug-likeness (QED) is 0.721. The Kier molecular flexibility index (Phi) is 3.50. The van der Waals surface area contributed by atoms with Gasteiger partial charge in [0, 0.05) is 18.6 Å². The Labute approximate surface area is 110 Å². The molecule has 3 aliphatic rings. The third kappa shape index (κ3) is 1.94. The number of allylic oxidation sites excluding steroid dienone is 1. The molecule has 0 amide bonds. The average Bonchev–Trinajstić information content (AvgIpc) is 2.63. The van der Waals surface area contributed by atoms with Gasteiger partial charge in [-0.2, -0.15) is 0 Å². The molecular formula is C16H26O2. The molecule has 1 saturated heterocycles. The van der Waals surface area contributed by atoms with E-state index in [1.807, 2.05) is 0 Å². The topological polar surface area (TPSA) is 29.5 Å². The zero-order valence-electron chi connectivity index (χ0n) is 11.4. The lowest BCUT2D eigenvalue weighted by Gasteiger charge is -2.46. The first kappa shape index (κ1) is 12.7. The van der Waals surface area contributed by atoms with Crippen LogP contribution in [0.15, 0.2) is 11.6 Å². The van der Waals surface area contributed by atoms with Crippen molar-refractivity contribution < 1.29 is 9.84 Å². The Morgan fingerprint density at radius 1 is 0.944 bits per heavy atom. The van der Waals surface area contributed by atoms with Gasteiger partial charge in [0.1, 0.15) is 0 Å². The number of aliphatic hydroxyl groups is 1. The molecule has 0 aromatic rings. The van der Waals surface area contributed by atoms with Gasteiger partial charge in [-0.3, -0.25) is 0 Å². The van der Waals surface area contributed by atoms with E-state index in [1.54, 1.807) is 0 Å². The molecule has 1 heterocycles. The minimum Gasteiger partial charge on any atom is -0.385 e. The van der Waals surface area contributed by atoms with E-state index in [9.17, 15) is 5.11 Å². The van der Waals surface area contributed by atoms with Gasteiger partial charge in [0.25, 0.3) is 0 Å². The summed E-state index contributed by atoms with van der Waals surface area (Å²) in [6.07, 6.45) is 14.0. The molecule has 0 bridgehead atoms. The van der Waals surface area contributed by atoms with Gasteiger partial charge < -0.3 is 9.84 Å². The monoisotopic (exact) mass is 250 g/mol. The summed E-state index contributed by atoms with van der Waals surface area (Å²) < 4.78 is 5.53. The van der Waals surface area contributed by atoms with E-state index in [4.69, 9.17) is 4.74 Å². The summed E-state index contributed by atoms with van der Waals surface area (Å²) in [5.74, 6) is 0. The molecule has 1 N–H and O–H groups in total. The second kappa shape index (κ2) is 4.97. The fraction of sp³-hybridized carbons (Fsp3) is 0.875. The van der Waals surface area contributed by atoms with Gasteiger partial charge in [0.2, 0.25) is 0 Å². The lowest BCUT2D eigenvalue weighted by atomic mass is 9.65. The van der Waals surface area contributed by atoms with Gasteiger partial charge in [-0.05, 0) is 63.4 Å². The SMILES string of the molecule is OC1(C2=CCCCCC2)CCCC12CCOCC2. The van der Waals surface area contributed by atoms with E-state index in [0.717, 1.165) is 38.9 Å². The van der Waals surface area contributed by atoms with Crippen LogP contribution in [0.25, 0.3) is 0 Å². The van der Waals surface area contributed by atoms with Crippen LogP contribution >= 0.6 is 0 Å². The molecule has 1 unspecified atom stereocenters. The minimum atomic E-state index is -0.499. The maximum Gasteiger partial charge on any atom is 0.0914 e. The van der Waals surface area contributed by atoms with Gasteiger partial charge in [-0.1, -0.05) is 12.5 Å². The minimum absolute atomic E-state index is 0.140. The zero-order chi connectivity index (χ0) is 12.5. The summed E-state index contributed by atoms with van der Waals surface area (Å²) in [4.78, 5) is 0. The van der Waals surface area contributed by atoms with Crippen molar-refractivity contribution in [2.45, 2.75) is 69.8 Å². The molecule has 0 aromatic carbocycles. The van der Waals surface area contributed by atoms with Gasteiger partial charge in [-0.15, -0.1) is 0 Å². The number of hydrogen-bond acceptors (Lipinski definition) is 2. The van der Waals surface area contributed by atoms with E-state index in [0.29, 0.717) is 0 Å². The molecule has 0 aromatic heterocycles. The summed E-state index contributed by atoms with van der Waals surface area (Å²) in [6, 6.07) is 0. The van der Waals surface area contributed by atoms with Crippen LogP contribution in [-0.4, -0.2) is 23.9 Å². The normalized spacial score (nSPS) is 36.4. The molecule has 1 saturated carbocycles. The standard InChI is InChI=1S/C16H26O2/c17-16(14-6-3-1-2-4-7-14)9-5-8-15(16)10-12-18-13-11-15/h6,17H,1-5,7-13H2. The molecule has 2 fully saturated rings. The van der Waals surface area contributed by atoms with Crippen LogP contribution < -0.4 is 0 Å². The summed E-state index contributed by atoms with van der Waals surface area (Å²) in [5, 5.41) is 11.4. The highest BCUT2D eigenvalue weighted by atomic mass is 16.5. The Bertz CT molecular complexity index is 328. The smallest absolute Gasteiger partial charge is 0.0914 e. The highest BCUT2D eigenvalue weighted by Gasteiger charge is 2.55. The molecule has 102 valence electrons. The van der Waals surface area contributed by atoms with Crippen molar-refractivity contribution in [3.05, 3.63) is 11.6 Å². The van der Waals surface area contributed by atoms with E-state index in [1.165, 1.54) is 44.1 Å². The molecule has 1 spiro atoms. The molecule has 2 heteroatoms. The van der Waals surface area contributed by atoms with Crippen LogP contribution in [0.5, 0.6) is 0 Å². The zero-order valence-corrected chi connectivity index (χ0v) is 11.4. The first-order valence-electron chi connectivity index (χ1n) is 7.77. The lowest BCUT2D eigenvalue weighted by Crippen LogP contribution is -2.48. The predicted octanol–water partition coefficient (Wildman–Crippen LogP) is 3.59. The third-order valence-corrected chi connectivity index (χ3v) is 5.59. The Morgan fingerprint density at radius 3 is 2.61 bits per heavy atom. The molecule has 3 rings (SSSR count). The van der Waals surface area contributed by atoms with Crippen molar-refractivity contribution in [3.8, 4) is 0 Å². The van der Waals surface area contributed by atoms with Crippen molar-refractivity contribution in [2.24, 2.45) is 5.41 Å². The highest BCUT2D eigenvalue weighted by molar-refractivity contribution is 5.26. The highest BCUT2D eigenvalue weighted by Crippen LogP contribution is 2.56. The van der Waals surface area contributed by atoms with Crippen molar-refractivity contribution in [2.75, 3.05) is 13.2 Å². The predicted molar refractivity (Wildman–Crippen MR) is 72.5 cm³/mol. The maximum atomic E-state index is 11.4. The van der Waals surface area contributed by atoms with Crippen LogP contribution in [0.3, 0.4) is 0 Å². The van der Waals surface area contributed by atoms with Crippen molar-refractivity contribution >= 4 is 0 Å². The maximum absolute atomic E-state index is 11.4. The Hall–Kier alpha value is -0.340. The van der Waals surface area contributed by atoms with Crippen LogP contribution in [0, 0.1) is 5.41 Å². The average molecular weight is 250 g/mol. The van der Waals surface area contributed by atoms with E-state index in [2.05, 4.69) is 6.08 Å². The third-order valence-electron chi connectivity index (χ3n) is 5.59. The van der Waals surface area contributed by atoms with Gasteiger partial charge in [-0.25, -0.2) is 0 Å². The second-order valence-corrected chi connectivity index (χ2v) is 6.44. The van der Waals surface area contributed by atoms with Crippen molar-refractivity contribution in [1.82, 2.24) is 0 Å². The van der Waals surface area contributed by atoms with E-state index in [-0.39, 0.29) is 5.41 Å². The summed E-state index contributed by atoms with van der Waals surface area (Å²) in [5.41, 5.74) is 1.02. The van der Waals surface area contributed by atoms with Crippen molar-refractivity contribution in [1.29, 1.82) is 0 Å². The first-order valence-corrected chi connectivity index (χ1v) is 7.77. The fourth-order valence-electron chi connectivity index (χ4n) is 4.47. The van der Waals surface area contributed by atoms with Crippen LogP contribution in [0.4, 0.5) is 0 Å². The molecule has 0 radical (unpaired) electrons.